The van der Waals surface area contributed by atoms with Gasteiger partial charge in [0, 0.05) is 6.54 Å². The minimum Gasteiger partial charge on any atom is -0.463 e. The number of hydrogen-bond donors (Lipinski definition) is 1. The second-order valence-electron chi connectivity index (χ2n) is 4.95. The number of nitrogens with zero attached hydrogens (tertiary/aromatic N) is 1. The maximum Gasteiger partial charge on any atom is 0.373 e. The van der Waals surface area contributed by atoms with E-state index < -0.39 is 5.97 Å². The Morgan fingerprint density at radius 3 is 2.89 bits per heavy atom. The molecule has 1 saturated carbocycles. The molecule has 1 heterocycles. The normalized spacial score (nSPS) is 22.9. The van der Waals surface area contributed by atoms with Gasteiger partial charge in [-0.05, 0) is 37.9 Å². The number of aliphatic hydroxyl groups excluding tert-OH is 1. The number of carbonyl (C=O) groups is 1. The molecule has 0 amide bonds. The van der Waals surface area contributed by atoms with Crippen LogP contribution in [0.4, 0.5) is 0 Å². The summed E-state index contributed by atoms with van der Waals surface area (Å²) < 4.78 is 9.98. The van der Waals surface area contributed by atoms with Crippen LogP contribution in [-0.4, -0.2) is 42.8 Å². The van der Waals surface area contributed by atoms with Gasteiger partial charge < -0.3 is 14.3 Å². The number of carbonyl (C=O) groups excluding carboxylic acids is 1. The van der Waals surface area contributed by atoms with Crippen LogP contribution in [0.5, 0.6) is 0 Å². The molecule has 1 fully saturated rings. The molecule has 1 aliphatic carbocycles. The maximum atomic E-state index is 11.2. The van der Waals surface area contributed by atoms with Gasteiger partial charge in [0.1, 0.15) is 5.76 Å². The molecule has 1 aliphatic rings. The second kappa shape index (κ2) is 5.54. The largest absolute Gasteiger partial charge is 0.463 e. The van der Waals surface area contributed by atoms with Gasteiger partial charge >= 0.3 is 5.97 Å². The molecule has 100 valence electrons. The van der Waals surface area contributed by atoms with Crippen LogP contribution in [0, 0.1) is 5.92 Å². The Morgan fingerprint density at radius 2 is 2.28 bits per heavy atom. The minimum absolute atomic E-state index is 0.113. The zero-order chi connectivity index (χ0) is 13.1. The third kappa shape index (κ3) is 3.11. The Hall–Kier alpha value is -1.33. The lowest BCUT2D eigenvalue weighted by molar-refractivity contribution is 0.0264. The van der Waals surface area contributed by atoms with Crippen molar-refractivity contribution >= 4 is 5.97 Å². The van der Waals surface area contributed by atoms with Crippen LogP contribution in [0.1, 0.15) is 29.2 Å². The molecule has 0 unspecified atom stereocenters. The topological polar surface area (TPSA) is 62.9 Å². The van der Waals surface area contributed by atoms with E-state index in [4.69, 9.17) is 4.42 Å². The van der Waals surface area contributed by atoms with Crippen LogP contribution in [0.25, 0.3) is 0 Å². The minimum atomic E-state index is -0.453. The van der Waals surface area contributed by atoms with Crippen LogP contribution >= 0.6 is 0 Å². The standard InChI is InChI=1S/C13H19NO4/c1-14(7-9-5-10(15)6-9)8-11-3-4-12(18-11)13(16)17-2/h3-4,9-10,15H,5-8H2,1-2H3. The summed E-state index contributed by atoms with van der Waals surface area (Å²) in [6, 6.07) is 3.42. The number of rotatable bonds is 5. The van der Waals surface area contributed by atoms with Crippen LogP contribution < -0.4 is 0 Å². The van der Waals surface area contributed by atoms with Gasteiger partial charge in [-0.2, -0.15) is 0 Å². The van der Waals surface area contributed by atoms with E-state index in [0.29, 0.717) is 12.5 Å². The Kier molecular flexibility index (Phi) is 4.04. The molecule has 0 spiro atoms. The van der Waals surface area contributed by atoms with Crippen LogP contribution in [-0.2, 0) is 11.3 Å². The van der Waals surface area contributed by atoms with Gasteiger partial charge in [-0.1, -0.05) is 0 Å². The quantitative estimate of drug-likeness (QED) is 0.801. The van der Waals surface area contributed by atoms with Gasteiger partial charge in [0.05, 0.1) is 19.8 Å². The van der Waals surface area contributed by atoms with Crippen LogP contribution in [0.2, 0.25) is 0 Å². The Labute approximate surface area is 106 Å². The van der Waals surface area contributed by atoms with Crippen LogP contribution in [0.15, 0.2) is 16.5 Å². The average Bonchev–Trinajstić information content (AvgIpc) is 2.74. The molecule has 5 heteroatoms. The predicted molar refractivity (Wildman–Crippen MR) is 65.1 cm³/mol. The number of furan rings is 1. The van der Waals surface area contributed by atoms with Gasteiger partial charge in [0.2, 0.25) is 5.76 Å². The molecule has 2 rings (SSSR count). The van der Waals surface area contributed by atoms with E-state index in [2.05, 4.69) is 9.64 Å². The lowest BCUT2D eigenvalue weighted by atomic mass is 9.82. The predicted octanol–water partition coefficient (Wildman–Crippen LogP) is 1.27. The van der Waals surface area contributed by atoms with Crippen LogP contribution in [0.3, 0.4) is 0 Å². The van der Waals surface area contributed by atoms with Gasteiger partial charge in [0.25, 0.3) is 0 Å². The summed E-state index contributed by atoms with van der Waals surface area (Å²) in [5, 5.41) is 9.22. The van der Waals surface area contributed by atoms with E-state index >= 15 is 0 Å². The third-order valence-electron chi connectivity index (χ3n) is 3.25. The fraction of sp³-hybridized carbons (Fsp3) is 0.615. The first-order chi connectivity index (χ1) is 8.58. The highest BCUT2D eigenvalue weighted by Gasteiger charge is 2.28. The summed E-state index contributed by atoms with van der Waals surface area (Å²) in [6.45, 7) is 1.59. The van der Waals surface area contributed by atoms with E-state index in [1.165, 1.54) is 7.11 Å². The first-order valence-corrected chi connectivity index (χ1v) is 6.12. The molecule has 18 heavy (non-hydrogen) atoms. The number of methoxy groups -OCH3 is 1. The molecule has 5 nitrogen and oxygen atoms in total. The summed E-state index contributed by atoms with van der Waals surface area (Å²) >= 11 is 0. The summed E-state index contributed by atoms with van der Waals surface area (Å²) in [5.41, 5.74) is 0. The van der Waals surface area contributed by atoms with Gasteiger partial charge in [0.15, 0.2) is 0 Å². The van der Waals surface area contributed by atoms with Gasteiger partial charge in [-0.15, -0.1) is 0 Å². The molecule has 0 atom stereocenters. The highest BCUT2D eigenvalue weighted by atomic mass is 16.5. The summed E-state index contributed by atoms with van der Waals surface area (Å²) in [7, 11) is 3.34. The first kappa shape index (κ1) is 13.1. The van der Waals surface area contributed by atoms with Crippen molar-refractivity contribution in [3.63, 3.8) is 0 Å². The number of ether oxygens (including phenoxy) is 1. The molecule has 0 aromatic carbocycles. The average molecular weight is 253 g/mol. The zero-order valence-electron chi connectivity index (χ0n) is 10.8. The van der Waals surface area contributed by atoms with E-state index in [0.717, 1.165) is 25.1 Å². The molecule has 1 aromatic rings. The number of esters is 1. The van der Waals surface area contributed by atoms with E-state index in [9.17, 15) is 9.90 Å². The van der Waals surface area contributed by atoms with Crippen molar-refractivity contribution in [2.75, 3.05) is 20.7 Å². The molecule has 1 aromatic heterocycles. The Morgan fingerprint density at radius 1 is 1.56 bits per heavy atom. The monoisotopic (exact) mass is 253 g/mol. The van der Waals surface area contributed by atoms with E-state index in [1.807, 2.05) is 7.05 Å². The van der Waals surface area contributed by atoms with Crippen molar-refractivity contribution in [3.05, 3.63) is 23.7 Å². The van der Waals surface area contributed by atoms with Crippen molar-refractivity contribution in [2.45, 2.75) is 25.5 Å². The molecule has 0 aliphatic heterocycles. The van der Waals surface area contributed by atoms with Gasteiger partial charge in [-0.25, -0.2) is 4.79 Å². The van der Waals surface area contributed by atoms with Gasteiger partial charge in [-0.3, -0.25) is 4.90 Å². The summed E-state index contributed by atoms with van der Waals surface area (Å²) in [5.74, 6) is 1.10. The molecule has 0 bridgehead atoms. The van der Waals surface area contributed by atoms with E-state index in [1.54, 1.807) is 12.1 Å². The highest BCUT2D eigenvalue weighted by Crippen LogP contribution is 2.28. The van der Waals surface area contributed by atoms with Crippen molar-refractivity contribution in [1.82, 2.24) is 4.90 Å². The summed E-state index contributed by atoms with van der Waals surface area (Å²) in [6.07, 6.45) is 1.66. The van der Waals surface area contributed by atoms with Crippen molar-refractivity contribution in [1.29, 1.82) is 0 Å². The molecular weight excluding hydrogens is 234 g/mol. The third-order valence-corrected chi connectivity index (χ3v) is 3.25. The SMILES string of the molecule is COC(=O)c1ccc(CN(C)CC2CC(O)C2)o1. The Balaban J connectivity index is 1.81. The zero-order valence-corrected chi connectivity index (χ0v) is 10.8. The number of hydrogen-bond acceptors (Lipinski definition) is 5. The number of aliphatic hydroxyl groups is 1. The fourth-order valence-electron chi connectivity index (χ4n) is 2.29. The van der Waals surface area contributed by atoms with Crippen molar-refractivity contribution in [2.24, 2.45) is 5.92 Å². The smallest absolute Gasteiger partial charge is 0.373 e. The lowest BCUT2D eigenvalue weighted by Gasteiger charge is -2.34. The molecule has 0 saturated heterocycles. The fourth-order valence-corrected chi connectivity index (χ4v) is 2.29. The van der Waals surface area contributed by atoms with Crippen molar-refractivity contribution < 1.29 is 19.1 Å². The molecule has 1 N–H and O–H groups in total. The highest BCUT2D eigenvalue weighted by molar-refractivity contribution is 5.86. The second-order valence-corrected chi connectivity index (χ2v) is 4.95. The van der Waals surface area contributed by atoms with Crippen molar-refractivity contribution in [3.8, 4) is 0 Å². The van der Waals surface area contributed by atoms with E-state index in [-0.39, 0.29) is 11.9 Å². The summed E-state index contributed by atoms with van der Waals surface area (Å²) in [4.78, 5) is 13.4. The molecule has 0 radical (unpaired) electrons. The lowest BCUT2D eigenvalue weighted by Crippen LogP contribution is -2.36. The first-order valence-electron chi connectivity index (χ1n) is 6.12. The Bertz CT molecular complexity index is 409. The molecular formula is C13H19NO4. The maximum absolute atomic E-state index is 11.2.